The molecule has 2 aromatic heterocycles. The Kier molecular flexibility index (Phi) is 4.24. The van der Waals surface area contributed by atoms with Crippen molar-refractivity contribution in [3.8, 4) is 11.4 Å². The largest absolute Gasteiger partial charge is 0.327 e. The summed E-state index contributed by atoms with van der Waals surface area (Å²) in [6.07, 6.45) is 3.88. The van der Waals surface area contributed by atoms with Crippen LogP contribution in [0.15, 0.2) is 48.7 Å². The van der Waals surface area contributed by atoms with Crippen molar-refractivity contribution < 1.29 is 4.79 Å². The van der Waals surface area contributed by atoms with E-state index in [0.29, 0.717) is 17.4 Å². The summed E-state index contributed by atoms with van der Waals surface area (Å²) in [5.41, 5.74) is 2.48. The number of aromatic amines is 1. The summed E-state index contributed by atoms with van der Waals surface area (Å²) >= 11 is 0. The zero-order chi connectivity index (χ0) is 18.1. The normalized spacial score (nSPS) is 14.8. The number of nitrogens with one attached hydrogen (secondary N) is 1. The highest BCUT2D eigenvalue weighted by atomic mass is 16.2. The lowest BCUT2D eigenvalue weighted by molar-refractivity contribution is 0.0670. The van der Waals surface area contributed by atoms with Crippen molar-refractivity contribution in [2.45, 2.75) is 38.8 Å². The Bertz CT molecular complexity index is 899. The fourth-order valence-electron chi connectivity index (χ4n) is 3.16. The minimum Gasteiger partial charge on any atom is -0.327 e. The number of aromatic nitrogens is 4. The molecule has 6 nitrogen and oxygen atoms in total. The topological polar surface area (TPSA) is 74.8 Å². The first-order chi connectivity index (χ1) is 12.6. The van der Waals surface area contributed by atoms with E-state index >= 15 is 0 Å². The summed E-state index contributed by atoms with van der Waals surface area (Å²) in [6, 6.07) is 13.6. The Hall–Kier alpha value is -3.02. The quantitative estimate of drug-likeness (QED) is 0.766. The average Bonchev–Trinajstić information content (AvgIpc) is 3.42. The Morgan fingerprint density at radius 1 is 1.19 bits per heavy atom. The third-order valence-electron chi connectivity index (χ3n) is 4.70. The predicted octanol–water partition coefficient (Wildman–Crippen LogP) is 3.54. The van der Waals surface area contributed by atoms with E-state index in [-0.39, 0.29) is 11.9 Å². The molecule has 1 N–H and O–H groups in total. The SMILES string of the molecule is Cc1nc(-c2ccc(C(=O)N(C3CC3)[C@@H](C)c3ccccn3)cc2)n[nH]1. The molecular weight excluding hydrogens is 326 g/mol. The standard InChI is InChI=1S/C20H21N5O/c1-13(18-5-3-4-12-21-18)25(17-10-11-17)20(26)16-8-6-15(7-9-16)19-22-14(2)23-24-19/h3-9,12-13,17H,10-11H2,1-2H3,(H,22,23,24)/t13-/m0/s1. The molecule has 0 saturated heterocycles. The second-order valence-electron chi connectivity index (χ2n) is 6.70. The summed E-state index contributed by atoms with van der Waals surface area (Å²) < 4.78 is 0. The number of rotatable bonds is 5. The maximum atomic E-state index is 13.2. The van der Waals surface area contributed by atoms with E-state index in [2.05, 4.69) is 20.2 Å². The molecule has 4 rings (SSSR count). The molecule has 0 unspecified atom stereocenters. The van der Waals surface area contributed by atoms with Crippen LogP contribution in [0.3, 0.4) is 0 Å². The minimum atomic E-state index is -0.0495. The maximum Gasteiger partial charge on any atom is 0.254 e. The number of carbonyl (C=O) groups excluding carboxylic acids is 1. The van der Waals surface area contributed by atoms with Gasteiger partial charge in [0.15, 0.2) is 5.82 Å². The molecule has 3 aromatic rings. The van der Waals surface area contributed by atoms with Crippen LogP contribution in [-0.2, 0) is 0 Å². The van der Waals surface area contributed by atoms with E-state index in [4.69, 9.17) is 0 Å². The molecule has 26 heavy (non-hydrogen) atoms. The molecule has 1 atom stereocenters. The molecule has 1 amide bonds. The number of carbonyl (C=O) groups is 1. The van der Waals surface area contributed by atoms with Crippen LogP contribution in [0, 0.1) is 6.92 Å². The van der Waals surface area contributed by atoms with Crippen LogP contribution < -0.4 is 0 Å². The zero-order valence-corrected chi connectivity index (χ0v) is 14.9. The first-order valence-corrected chi connectivity index (χ1v) is 8.86. The number of hydrogen-bond acceptors (Lipinski definition) is 4. The summed E-state index contributed by atoms with van der Waals surface area (Å²) in [5.74, 6) is 1.45. The van der Waals surface area contributed by atoms with Gasteiger partial charge in [0, 0.05) is 23.4 Å². The van der Waals surface area contributed by atoms with Gasteiger partial charge in [-0.15, -0.1) is 0 Å². The number of hydrogen-bond donors (Lipinski definition) is 1. The van der Waals surface area contributed by atoms with Gasteiger partial charge in [-0.3, -0.25) is 14.9 Å². The Balaban J connectivity index is 1.58. The van der Waals surface area contributed by atoms with Gasteiger partial charge in [0.1, 0.15) is 5.82 Å². The lowest BCUT2D eigenvalue weighted by atomic mass is 10.1. The zero-order valence-electron chi connectivity index (χ0n) is 14.9. The number of pyridine rings is 1. The van der Waals surface area contributed by atoms with E-state index < -0.39 is 0 Å². The Morgan fingerprint density at radius 2 is 1.96 bits per heavy atom. The summed E-state index contributed by atoms with van der Waals surface area (Å²) in [4.78, 5) is 23.9. The smallest absolute Gasteiger partial charge is 0.254 e. The van der Waals surface area contributed by atoms with E-state index in [1.165, 1.54) is 0 Å². The Morgan fingerprint density at radius 3 is 2.54 bits per heavy atom. The third-order valence-corrected chi connectivity index (χ3v) is 4.70. The van der Waals surface area contributed by atoms with Gasteiger partial charge in [-0.1, -0.05) is 18.2 Å². The van der Waals surface area contributed by atoms with E-state index in [1.54, 1.807) is 6.20 Å². The molecule has 2 heterocycles. The molecule has 0 aliphatic heterocycles. The molecule has 132 valence electrons. The highest BCUT2D eigenvalue weighted by Gasteiger charge is 2.37. The second-order valence-corrected chi connectivity index (χ2v) is 6.70. The van der Waals surface area contributed by atoms with Crippen molar-refractivity contribution in [2.75, 3.05) is 0 Å². The van der Waals surface area contributed by atoms with Crippen LogP contribution in [0.1, 0.15) is 47.7 Å². The van der Waals surface area contributed by atoms with Gasteiger partial charge in [0.25, 0.3) is 5.91 Å². The lowest BCUT2D eigenvalue weighted by Gasteiger charge is -2.29. The van der Waals surface area contributed by atoms with Gasteiger partial charge in [-0.25, -0.2) is 4.98 Å². The van der Waals surface area contributed by atoms with Crippen molar-refractivity contribution in [2.24, 2.45) is 0 Å². The van der Waals surface area contributed by atoms with Gasteiger partial charge < -0.3 is 4.90 Å². The summed E-state index contributed by atoms with van der Waals surface area (Å²) in [6.45, 7) is 3.91. The molecule has 6 heteroatoms. The van der Waals surface area contributed by atoms with Crippen molar-refractivity contribution in [3.05, 3.63) is 65.7 Å². The number of amides is 1. The second kappa shape index (κ2) is 6.71. The van der Waals surface area contributed by atoms with Gasteiger partial charge in [-0.2, -0.15) is 5.10 Å². The fraction of sp³-hybridized carbons (Fsp3) is 0.300. The average molecular weight is 347 g/mol. The summed E-state index contributed by atoms with van der Waals surface area (Å²) in [5, 5.41) is 7.00. The van der Waals surface area contributed by atoms with E-state index in [1.807, 2.05) is 61.2 Å². The molecule has 1 fully saturated rings. The monoisotopic (exact) mass is 347 g/mol. The van der Waals surface area contributed by atoms with Crippen molar-refractivity contribution in [3.63, 3.8) is 0 Å². The van der Waals surface area contributed by atoms with Crippen LogP contribution in [0.25, 0.3) is 11.4 Å². The maximum absolute atomic E-state index is 13.2. The molecule has 0 bridgehead atoms. The molecule has 1 aliphatic rings. The minimum absolute atomic E-state index is 0.0448. The molecule has 1 aromatic carbocycles. The van der Waals surface area contributed by atoms with Gasteiger partial charge in [0.2, 0.25) is 0 Å². The number of benzene rings is 1. The van der Waals surface area contributed by atoms with Crippen LogP contribution in [-0.4, -0.2) is 37.0 Å². The van der Waals surface area contributed by atoms with Crippen molar-refractivity contribution in [1.29, 1.82) is 0 Å². The molecule has 0 spiro atoms. The highest BCUT2D eigenvalue weighted by molar-refractivity contribution is 5.95. The molecule has 1 aliphatic carbocycles. The third kappa shape index (κ3) is 3.22. The number of nitrogens with zero attached hydrogens (tertiary/aromatic N) is 4. The number of H-pyrrole nitrogens is 1. The Labute approximate surface area is 152 Å². The van der Waals surface area contributed by atoms with Gasteiger partial charge in [-0.05, 0) is 51.0 Å². The van der Waals surface area contributed by atoms with Crippen molar-refractivity contribution >= 4 is 5.91 Å². The predicted molar refractivity (Wildman–Crippen MR) is 98.4 cm³/mol. The number of aryl methyl sites for hydroxylation is 1. The van der Waals surface area contributed by atoms with Crippen LogP contribution >= 0.6 is 0 Å². The fourth-order valence-corrected chi connectivity index (χ4v) is 3.16. The first kappa shape index (κ1) is 16.4. The van der Waals surface area contributed by atoms with Crippen LogP contribution in [0.5, 0.6) is 0 Å². The van der Waals surface area contributed by atoms with Crippen LogP contribution in [0.2, 0.25) is 0 Å². The molecule has 1 saturated carbocycles. The van der Waals surface area contributed by atoms with Crippen LogP contribution in [0.4, 0.5) is 0 Å². The highest BCUT2D eigenvalue weighted by Crippen LogP contribution is 2.35. The molecule has 0 radical (unpaired) electrons. The first-order valence-electron chi connectivity index (χ1n) is 8.86. The van der Waals surface area contributed by atoms with Gasteiger partial charge >= 0.3 is 0 Å². The molecular formula is C20H21N5O. The van der Waals surface area contributed by atoms with E-state index in [9.17, 15) is 4.79 Å². The van der Waals surface area contributed by atoms with Gasteiger partial charge in [0.05, 0.1) is 11.7 Å². The lowest BCUT2D eigenvalue weighted by Crippen LogP contribution is -2.35. The van der Waals surface area contributed by atoms with Crippen molar-refractivity contribution in [1.82, 2.24) is 25.1 Å². The summed E-state index contributed by atoms with van der Waals surface area (Å²) in [7, 11) is 0. The van der Waals surface area contributed by atoms with E-state index in [0.717, 1.165) is 29.9 Å².